The third kappa shape index (κ3) is 1.14. The summed E-state index contributed by atoms with van der Waals surface area (Å²) >= 11 is 0. The van der Waals surface area contributed by atoms with E-state index < -0.39 is 0 Å². The smallest absolute Gasteiger partial charge is 0.309 e. The molecule has 76 valence electrons. The molecule has 2 aliphatic rings. The van der Waals surface area contributed by atoms with Crippen LogP contribution in [0.5, 0.6) is 0 Å². The second-order valence-electron chi connectivity index (χ2n) is 3.82. The van der Waals surface area contributed by atoms with E-state index in [9.17, 15) is 9.59 Å². The maximum absolute atomic E-state index is 11.3. The largest absolute Gasteiger partial charge is 0.469 e. The number of rotatable bonds is 1. The molecule has 14 heavy (non-hydrogen) atoms. The summed E-state index contributed by atoms with van der Waals surface area (Å²) in [4.78, 5) is 24.2. The maximum atomic E-state index is 11.3. The molecule has 0 bridgehead atoms. The van der Waals surface area contributed by atoms with Gasteiger partial charge in [-0.1, -0.05) is 6.08 Å². The highest BCUT2D eigenvalue weighted by atomic mass is 16.5. The van der Waals surface area contributed by atoms with Crippen LogP contribution in [0.25, 0.3) is 0 Å². The van der Waals surface area contributed by atoms with Crippen molar-refractivity contribution in [2.75, 3.05) is 14.2 Å². The number of fused-ring (bicyclic) bond motifs is 1. The zero-order valence-electron chi connectivity index (χ0n) is 8.27. The molecule has 2 unspecified atom stereocenters. The van der Waals surface area contributed by atoms with E-state index in [4.69, 9.17) is 0 Å². The third-order valence-electron chi connectivity index (χ3n) is 3.21. The standard InChI is InChI=1S/C10H13NO3/c1-11-8-5-7(10(13)14-2)6(8)3-4-9(11)12/h3-4,6-8H,5H2,1-2H3/t6?,7-,8?/m0/s1. The van der Waals surface area contributed by atoms with Crippen LogP contribution in [-0.2, 0) is 14.3 Å². The fourth-order valence-electron chi connectivity index (χ4n) is 2.20. The van der Waals surface area contributed by atoms with Gasteiger partial charge in [-0.05, 0) is 12.5 Å². The average Bonchev–Trinajstić information content (AvgIpc) is 2.13. The summed E-state index contributed by atoms with van der Waals surface area (Å²) in [6, 6.07) is 0.191. The van der Waals surface area contributed by atoms with Crippen LogP contribution in [0.1, 0.15) is 6.42 Å². The van der Waals surface area contributed by atoms with Crippen LogP contribution < -0.4 is 0 Å². The van der Waals surface area contributed by atoms with Gasteiger partial charge in [-0.15, -0.1) is 0 Å². The Labute approximate surface area is 82.5 Å². The molecule has 2 rings (SSSR count). The molecule has 1 amide bonds. The van der Waals surface area contributed by atoms with Crippen molar-refractivity contribution < 1.29 is 14.3 Å². The quantitative estimate of drug-likeness (QED) is 0.561. The second-order valence-corrected chi connectivity index (χ2v) is 3.82. The van der Waals surface area contributed by atoms with Crippen LogP contribution in [0.4, 0.5) is 0 Å². The lowest BCUT2D eigenvalue weighted by molar-refractivity contribution is -0.157. The molecule has 0 aromatic heterocycles. The molecule has 0 saturated heterocycles. The molecule has 4 nitrogen and oxygen atoms in total. The van der Waals surface area contributed by atoms with E-state index in [0.29, 0.717) is 0 Å². The van der Waals surface area contributed by atoms with Gasteiger partial charge >= 0.3 is 5.97 Å². The van der Waals surface area contributed by atoms with E-state index in [-0.39, 0.29) is 29.8 Å². The highest BCUT2D eigenvalue weighted by molar-refractivity contribution is 5.89. The number of carbonyl (C=O) groups is 2. The van der Waals surface area contributed by atoms with E-state index in [1.54, 1.807) is 11.9 Å². The summed E-state index contributed by atoms with van der Waals surface area (Å²) in [5.74, 6) is -0.0461. The van der Waals surface area contributed by atoms with Crippen LogP contribution in [0, 0.1) is 11.8 Å². The molecule has 1 aliphatic carbocycles. The number of carbonyl (C=O) groups excluding carboxylic acids is 2. The van der Waals surface area contributed by atoms with Crippen molar-refractivity contribution in [1.29, 1.82) is 0 Å². The maximum Gasteiger partial charge on any atom is 0.309 e. The van der Waals surface area contributed by atoms with Crippen molar-refractivity contribution in [3.63, 3.8) is 0 Å². The van der Waals surface area contributed by atoms with E-state index in [1.807, 2.05) is 6.08 Å². The van der Waals surface area contributed by atoms with Gasteiger partial charge in [0, 0.05) is 19.0 Å². The minimum absolute atomic E-state index is 0.0227. The monoisotopic (exact) mass is 195 g/mol. The number of ether oxygens (including phenoxy) is 1. The lowest BCUT2D eigenvalue weighted by Gasteiger charge is -2.47. The van der Waals surface area contributed by atoms with Crippen LogP contribution in [0.3, 0.4) is 0 Å². The van der Waals surface area contributed by atoms with Crippen molar-refractivity contribution in [2.45, 2.75) is 12.5 Å². The van der Waals surface area contributed by atoms with Gasteiger partial charge in [-0.25, -0.2) is 0 Å². The number of esters is 1. The summed E-state index contributed by atoms with van der Waals surface area (Å²) in [6.07, 6.45) is 4.10. The Morgan fingerprint density at radius 2 is 2.36 bits per heavy atom. The summed E-state index contributed by atoms with van der Waals surface area (Å²) in [5.41, 5.74) is 0. The van der Waals surface area contributed by atoms with Gasteiger partial charge in [0.05, 0.1) is 13.0 Å². The summed E-state index contributed by atoms with van der Waals surface area (Å²) in [5, 5.41) is 0. The molecule has 1 saturated carbocycles. The summed E-state index contributed by atoms with van der Waals surface area (Å²) in [6.45, 7) is 0. The van der Waals surface area contributed by atoms with Crippen molar-refractivity contribution in [2.24, 2.45) is 11.8 Å². The Morgan fingerprint density at radius 1 is 1.64 bits per heavy atom. The first-order valence-corrected chi connectivity index (χ1v) is 4.68. The fourth-order valence-corrected chi connectivity index (χ4v) is 2.20. The SMILES string of the molecule is COC(=O)[C@H]1CC2C1C=CC(=O)N2C. The van der Waals surface area contributed by atoms with Gasteiger partial charge < -0.3 is 9.64 Å². The fraction of sp³-hybridized carbons (Fsp3) is 0.600. The van der Waals surface area contributed by atoms with Crippen molar-refractivity contribution in [1.82, 2.24) is 4.90 Å². The van der Waals surface area contributed by atoms with Crippen LogP contribution in [-0.4, -0.2) is 37.0 Å². The molecular weight excluding hydrogens is 182 g/mol. The third-order valence-corrected chi connectivity index (χ3v) is 3.21. The molecule has 1 heterocycles. The van der Waals surface area contributed by atoms with E-state index in [2.05, 4.69) is 4.74 Å². The second kappa shape index (κ2) is 3.12. The van der Waals surface area contributed by atoms with Gasteiger partial charge in [0.1, 0.15) is 0 Å². The molecule has 0 radical (unpaired) electrons. The first kappa shape index (κ1) is 9.24. The zero-order chi connectivity index (χ0) is 10.3. The van der Waals surface area contributed by atoms with E-state index in [0.717, 1.165) is 6.42 Å². The Balaban J connectivity index is 2.11. The Morgan fingerprint density at radius 3 is 3.00 bits per heavy atom. The molecule has 1 aliphatic heterocycles. The molecule has 4 heteroatoms. The van der Waals surface area contributed by atoms with Crippen LogP contribution in [0.2, 0.25) is 0 Å². The minimum Gasteiger partial charge on any atom is -0.469 e. The number of amides is 1. The molecule has 0 N–H and O–H groups in total. The van der Waals surface area contributed by atoms with Crippen LogP contribution in [0.15, 0.2) is 12.2 Å². The topological polar surface area (TPSA) is 46.6 Å². The first-order chi connectivity index (χ1) is 6.65. The Hall–Kier alpha value is -1.32. The van der Waals surface area contributed by atoms with Crippen molar-refractivity contribution >= 4 is 11.9 Å². The number of nitrogens with zero attached hydrogens (tertiary/aromatic N) is 1. The highest BCUT2D eigenvalue weighted by Gasteiger charge is 2.48. The van der Waals surface area contributed by atoms with Crippen molar-refractivity contribution in [3.05, 3.63) is 12.2 Å². The summed E-state index contributed by atoms with van der Waals surface area (Å²) < 4.78 is 4.69. The molecule has 3 atom stereocenters. The minimum atomic E-state index is -0.168. The van der Waals surface area contributed by atoms with Gasteiger partial charge in [0.25, 0.3) is 0 Å². The summed E-state index contributed by atoms with van der Waals surface area (Å²) in [7, 11) is 3.17. The molecule has 1 fully saturated rings. The predicted octanol–water partition coefficient (Wildman–Crippen LogP) is 0.192. The van der Waals surface area contributed by atoms with Crippen molar-refractivity contribution in [3.8, 4) is 0 Å². The molecule has 0 spiro atoms. The number of likely N-dealkylation sites (N-methyl/N-ethyl adjacent to an activating group) is 1. The molecular formula is C10H13NO3. The lowest BCUT2D eigenvalue weighted by atomic mass is 9.67. The normalized spacial score (nSPS) is 34.9. The highest BCUT2D eigenvalue weighted by Crippen LogP contribution is 2.41. The molecule has 0 aromatic carbocycles. The molecule has 0 aromatic rings. The van der Waals surface area contributed by atoms with Gasteiger partial charge in [0.15, 0.2) is 0 Å². The lowest BCUT2D eigenvalue weighted by Crippen LogP contribution is -2.56. The predicted molar refractivity (Wildman–Crippen MR) is 49.3 cm³/mol. The van der Waals surface area contributed by atoms with Gasteiger partial charge in [-0.3, -0.25) is 9.59 Å². The van der Waals surface area contributed by atoms with Gasteiger partial charge in [-0.2, -0.15) is 0 Å². The van der Waals surface area contributed by atoms with Gasteiger partial charge in [0.2, 0.25) is 5.91 Å². The van der Waals surface area contributed by atoms with E-state index in [1.165, 1.54) is 13.2 Å². The number of hydrogen-bond acceptors (Lipinski definition) is 3. The zero-order valence-corrected chi connectivity index (χ0v) is 8.27. The first-order valence-electron chi connectivity index (χ1n) is 4.68. The number of hydrogen-bond donors (Lipinski definition) is 0. The average molecular weight is 195 g/mol. The van der Waals surface area contributed by atoms with E-state index >= 15 is 0 Å². The Bertz CT molecular complexity index is 310. The Kier molecular flexibility index (Phi) is 2.06. The van der Waals surface area contributed by atoms with Crippen LogP contribution >= 0.6 is 0 Å². The number of methoxy groups -OCH3 is 1.